The highest BCUT2D eigenvalue weighted by atomic mass is 35.5. The Bertz CT molecular complexity index is 552. The van der Waals surface area contributed by atoms with Crippen LogP contribution in [0.1, 0.15) is 31.4 Å². The van der Waals surface area contributed by atoms with Crippen LogP contribution in [0.3, 0.4) is 0 Å². The second kappa shape index (κ2) is 9.86. The Morgan fingerprint density at radius 3 is 2.62 bits per heavy atom. The lowest BCUT2D eigenvalue weighted by molar-refractivity contribution is -0.141. The minimum Gasteiger partial charge on any atom is -0.354 e. The largest absolute Gasteiger partial charge is 0.354 e. The van der Waals surface area contributed by atoms with Gasteiger partial charge in [0.15, 0.2) is 0 Å². The number of halogens is 2. The Morgan fingerprint density at radius 2 is 2.08 bits per heavy atom. The highest BCUT2D eigenvalue weighted by Crippen LogP contribution is 2.35. The second-order valence-electron chi connectivity index (χ2n) is 5.98. The average Bonchev–Trinajstić information content (AvgIpc) is 2.93. The van der Waals surface area contributed by atoms with Gasteiger partial charge in [0.2, 0.25) is 11.8 Å². The molecule has 7 nitrogen and oxygen atoms in total. The zero-order valence-electron chi connectivity index (χ0n) is 14.5. The average molecular weight is 380 g/mol. The van der Waals surface area contributed by atoms with Crippen LogP contribution in [0.2, 0.25) is 0 Å². The number of nitrogens with one attached hydrogen (secondary N) is 2. The van der Waals surface area contributed by atoms with Crippen LogP contribution in [0, 0.1) is 5.92 Å². The molecule has 0 saturated carbocycles. The summed E-state index contributed by atoms with van der Waals surface area (Å²) in [5.74, 6) is -0.173. The third kappa shape index (κ3) is 5.09. The molecule has 0 aliphatic carbocycles. The topological polar surface area (TPSA) is 79.3 Å². The van der Waals surface area contributed by atoms with E-state index < -0.39 is 0 Å². The van der Waals surface area contributed by atoms with E-state index in [4.69, 9.17) is 0 Å². The minimum absolute atomic E-state index is 0. The third-order valence-corrected chi connectivity index (χ3v) is 4.34. The highest BCUT2D eigenvalue weighted by molar-refractivity contribution is 5.86. The summed E-state index contributed by atoms with van der Waals surface area (Å²) in [5, 5.41) is 10.2. The monoisotopic (exact) mass is 379 g/mol. The molecule has 2 rings (SSSR count). The zero-order chi connectivity index (χ0) is 16.3. The molecule has 1 aromatic rings. The van der Waals surface area contributed by atoms with Crippen molar-refractivity contribution < 1.29 is 9.59 Å². The molecule has 0 aromatic carbocycles. The molecule has 0 spiro atoms. The first-order valence-electron chi connectivity index (χ1n) is 7.63. The Balaban J connectivity index is 0.00000264. The summed E-state index contributed by atoms with van der Waals surface area (Å²) < 4.78 is 1.69. The maximum Gasteiger partial charge on any atom is 0.225 e. The van der Waals surface area contributed by atoms with E-state index >= 15 is 0 Å². The molecular formula is C15H27Cl2N5O2. The fourth-order valence-corrected chi connectivity index (χ4v) is 2.85. The van der Waals surface area contributed by atoms with Crippen molar-refractivity contribution >= 4 is 36.6 Å². The molecule has 0 bridgehead atoms. The molecule has 0 radical (unpaired) electrons. The van der Waals surface area contributed by atoms with Crippen LogP contribution >= 0.6 is 24.8 Å². The van der Waals surface area contributed by atoms with Crippen LogP contribution < -0.4 is 10.6 Å². The number of aromatic nitrogens is 2. The van der Waals surface area contributed by atoms with Crippen molar-refractivity contribution in [3.05, 3.63) is 18.0 Å². The summed E-state index contributed by atoms with van der Waals surface area (Å²) in [6.45, 7) is 2.58. The van der Waals surface area contributed by atoms with Crippen molar-refractivity contribution in [1.82, 2.24) is 25.3 Å². The number of likely N-dealkylation sites (N-methyl/N-ethyl adjacent to an activating group) is 1. The molecule has 1 aliphatic heterocycles. The van der Waals surface area contributed by atoms with Crippen LogP contribution in [0.15, 0.2) is 12.4 Å². The van der Waals surface area contributed by atoms with Crippen LogP contribution in [0.5, 0.6) is 0 Å². The predicted molar refractivity (Wildman–Crippen MR) is 97.5 cm³/mol. The van der Waals surface area contributed by atoms with Gasteiger partial charge in [-0.25, -0.2) is 0 Å². The van der Waals surface area contributed by atoms with E-state index in [1.165, 1.54) is 0 Å². The number of carbonyl (C=O) groups is 2. The molecule has 3 unspecified atom stereocenters. The maximum atomic E-state index is 12.6. The number of amides is 2. The van der Waals surface area contributed by atoms with Gasteiger partial charge in [-0.05, 0) is 20.4 Å². The van der Waals surface area contributed by atoms with Crippen molar-refractivity contribution in [3.63, 3.8) is 0 Å². The van der Waals surface area contributed by atoms with Gasteiger partial charge in [0.05, 0.1) is 18.2 Å². The molecule has 138 valence electrons. The lowest BCUT2D eigenvalue weighted by Crippen LogP contribution is -2.48. The number of rotatable bonds is 5. The Labute approximate surface area is 155 Å². The van der Waals surface area contributed by atoms with E-state index in [0.29, 0.717) is 19.4 Å². The molecule has 2 N–H and O–H groups in total. The number of hydrogen-bond donors (Lipinski definition) is 2. The van der Waals surface area contributed by atoms with Crippen LogP contribution in [0.4, 0.5) is 0 Å². The first-order chi connectivity index (χ1) is 10.4. The molecule has 9 heteroatoms. The van der Waals surface area contributed by atoms with Gasteiger partial charge in [-0.3, -0.25) is 14.3 Å². The number of carbonyl (C=O) groups excluding carboxylic acids is 2. The van der Waals surface area contributed by atoms with Crippen molar-refractivity contribution in [2.75, 3.05) is 20.6 Å². The minimum atomic E-state index is -0.250. The van der Waals surface area contributed by atoms with Gasteiger partial charge >= 0.3 is 0 Å². The number of likely N-dealkylation sites (tertiary alicyclic amines) is 1. The van der Waals surface area contributed by atoms with Gasteiger partial charge < -0.3 is 15.5 Å². The second-order valence-corrected chi connectivity index (χ2v) is 5.98. The van der Waals surface area contributed by atoms with Crippen LogP contribution in [-0.2, 0) is 16.6 Å². The molecule has 2 heterocycles. The SMILES string of the molecule is CNC(C)CNC(=O)C1CCC(=O)N(C)C1c1cnn(C)c1.Cl.Cl. The van der Waals surface area contributed by atoms with Crippen LogP contribution in [0.25, 0.3) is 0 Å². The molecule has 1 saturated heterocycles. The molecular weight excluding hydrogens is 353 g/mol. The fraction of sp³-hybridized carbons (Fsp3) is 0.667. The van der Waals surface area contributed by atoms with Gasteiger partial charge in [0.1, 0.15) is 0 Å². The maximum absolute atomic E-state index is 12.6. The van der Waals surface area contributed by atoms with Crippen molar-refractivity contribution in [3.8, 4) is 0 Å². The fourth-order valence-electron chi connectivity index (χ4n) is 2.85. The van der Waals surface area contributed by atoms with Gasteiger partial charge in [0, 0.05) is 44.9 Å². The first kappa shape index (κ1) is 22.7. The number of nitrogens with zero attached hydrogens (tertiary/aromatic N) is 3. The van der Waals surface area contributed by atoms with Gasteiger partial charge in [-0.2, -0.15) is 5.10 Å². The van der Waals surface area contributed by atoms with Gasteiger partial charge in [0.25, 0.3) is 0 Å². The highest BCUT2D eigenvalue weighted by Gasteiger charge is 2.39. The number of hydrogen-bond acceptors (Lipinski definition) is 4. The summed E-state index contributed by atoms with van der Waals surface area (Å²) in [5.41, 5.74) is 0.903. The summed E-state index contributed by atoms with van der Waals surface area (Å²) >= 11 is 0. The Kier molecular flexibility index (Phi) is 9.32. The summed E-state index contributed by atoms with van der Waals surface area (Å²) in [6, 6.07) is -0.0383. The lowest BCUT2D eigenvalue weighted by atomic mass is 9.85. The summed E-state index contributed by atoms with van der Waals surface area (Å²) in [6.07, 6.45) is 4.59. The molecule has 1 aromatic heterocycles. The van der Waals surface area contributed by atoms with Crippen molar-refractivity contribution in [1.29, 1.82) is 0 Å². The van der Waals surface area contributed by atoms with Gasteiger partial charge in [-0.15, -0.1) is 24.8 Å². The Hall–Kier alpha value is -1.31. The normalized spacial score (nSPS) is 21.5. The summed E-state index contributed by atoms with van der Waals surface area (Å²) in [7, 11) is 5.45. The molecule has 3 atom stereocenters. The zero-order valence-corrected chi connectivity index (χ0v) is 16.1. The third-order valence-electron chi connectivity index (χ3n) is 4.34. The van der Waals surface area contributed by atoms with E-state index in [1.807, 2.05) is 27.2 Å². The molecule has 2 amide bonds. The summed E-state index contributed by atoms with van der Waals surface area (Å²) in [4.78, 5) is 26.3. The van der Waals surface area contributed by atoms with E-state index in [1.54, 1.807) is 22.8 Å². The standard InChI is InChI=1S/C15H25N5O2.2ClH/c1-10(16-2)7-17-15(22)12-5-6-13(21)20(4)14(12)11-8-18-19(3)9-11;;/h8-10,12,14,16H,5-7H2,1-4H3,(H,17,22);2*1H. The quantitative estimate of drug-likeness (QED) is 0.796. The molecule has 1 aliphatic rings. The lowest BCUT2D eigenvalue weighted by Gasteiger charge is -2.37. The first-order valence-corrected chi connectivity index (χ1v) is 7.63. The van der Waals surface area contributed by atoms with E-state index in [9.17, 15) is 9.59 Å². The van der Waals surface area contributed by atoms with E-state index in [-0.39, 0.29) is 54.6 Å². The van der Waals surface area contributed by atoms with E-state index in [2.05, 4.69) is 15.7 Å². The smallest absolute Gasteiger partial charge is 0.225 e. The number of piperidine rings is 1. The Morgan fingerprint density at radius 1 is 1.42 bits per heavy atom. The van der Waals surface area contributed by atoms with Crippen molar-refractivity contribution in [2.24, 2.45) is 13.0 Å². The van der Waals surface area contributed by atoms with Gasteiger partial charge in [-0.1, -0.05) is 0 Å². The predicted octanol–water partition coefficient (Wildman–Crippen LogP) is 0.897. The van der Waals surface area contributed by atoms with Crippen molar-refractivity contribution in [2.45, 2.75) is 31.8 Å². The van der Waals surface area contributed by atoms with Crippen LogP contribution in [-0.4, -0.2) is 53.2 Å². The van der Waals surface area contributed by atoms with E-state index in [0.717, 1.165) is 5.56 Å². The number of aryl methyl sites for hydroxylation is 1. The molecule has 24 heavy (non-hydrogen) atoms. The molecule has 1 fully saturated rings.